The van der Waals surface area contributed by atoms with Crippen LogP contribution in [0, 0.1) is 11.3 Å². The van der Waals surface area contributed by atoms with E-state index < -0.39 is 5.54 Å². The molecule has 0 radical (unpaired) electrons. The maximum atomic E-state index is 11.3. The van der Waals surface area contributed by atoms with Gasteiger partial charge in [-0.2, -0.15) is 20.6 Å². The van der Waals surface area contributed by atoms with Crippen molar-refractivity contribution in [1.29, 1.82) is 5.26 Å². The van der Waals surface area contributed by atoms with Crippen molar-refractivity contribution in [3.8, 4) is 28.7 Å². The first-order valence-corrected chi connectivity index (χ1v) is 10.4. The third kappa shape index (κ3) is 3.48. The quantitative estimate of drug-likeness (QED) is 0.404. The molecule has 4 N–H and O–H groups in total. The van der Waals surface area contributed by atoms with Gasteiger partial charge in [0.15, 0.2) is 11.6 Å². The lowest BCUT2D eigenvalue weighted by atomic mass is 9.72. The summed E-state index contributed by atoms with van der Waals surface area (Å²) in [6, 6.07) is 5.80. The van der Waals surface area contributed by atoms with Crippen molar-refractivity contribution < 1.29 is 9.53 Å². The van der Waals surface area contributed by atoms with Gasteiger partial charge in [-0.3, -0.25) is 14.6 Å². The predicted octanol–water partition coefficient (Wildman–Crippen LogP) is 1.94. The Kier molecular flexibility index (Phi) is 4.83. The number of H-pyrrole nitrogens is 1. The number of nitrogens with two attached hydrogens (primary N) is 1. The Balaban J connectivity index is 1.58. The van der Waals surface area contributed by atoms with E-state index in [0.29, 0.717) is 53.5 Å². The zero-order chi connectivity index (χ0) is 23.2. The molecule has 12 heteroatoms. The lowest BCUT2D eigenvalue weighted by Gasteiger charge is -2.45. The SMILES string of the molecule is COC1CC(CC#N)(n2cc(-c3nc(-c4cc(NC(C)=O)n[nH]4)cn4nccc34)c(N)n2)C1. The Morgan fingerprint density at radius 2 is 2.27 bits per heavy atom. The van der Waals surface area contributed by atoms with Gasteiger partial charge in [0, 0.05) is 26.3 Å². The number of carbonyl (C=O) groups excluding carboxylic acids is 1. The van der Waals surface area contributed by atoms with Crippen molar-refractivity contribution in [2.75, 3.05) is 18.2 Å². The van der Waals surface area contributed by atoms with Gasteiger partial charge in [-0.25, -0.2) is 9.50 Å². The van der Waals surface area contributed by atoms with Crippen LogP contribution in [-0.4, -0.2) is 53.7 Å². The highest BCUT2D eigenvalue weighted by atomic mass is 16.5. The zero-order valence-electron chi connectivity index (χ0n) is 18.1. The molecule has 0 bridgehead atoms. The predicted molar refractivity (Wildman–Crippen MR) is 119 cm³/mol. The molecule has 0 aliphatic heterocycles. The van der Waals surface area contributed by atoms with E-state index in [4.69, 9.17) is 15.5 Å². The van der Waals surface area contributed by atoms with E-state index in [9.17, 15) is 10.1 Å². The van der Waals surface area contributed by atoms with E-state index in [1.807, 2.05) is 12.3 Å². The summed E-state index contributed by atoms with van der Waals surface area (Å²) in [5, 5.41) is 27.9. The number of carbonyl (C=O) groups is 1. The smallest absolute Gasteiger partial charge is 0.222 e. The molecule has 0 atom stereocenters. The highest BCUT2D eigenvalue weighted by Gasteiger charge is 2.47. The first-order valence-electron chi connectivity index (χ1n) is 10.4. The standard InChI is InChI=1S/C21H22N10O2/c1-12(32)25-18-7-15(27-28-18)16-11-30-17(3-6-24-30)19(26-16)14-10-31(29-20(14)23)21(4-5-22)8-13(9-21)33-2/h3,6-7,10-11,13H,4,8-9H2,1-2H3,(H2,23,29)(H2,25,27,28,32). The highest BCUT2D eigenvalue weighted by Crippen LogP contribution is 2.44. The average molecular weight is 446 g/mol. The molecule has 0 spiro atoms. The number of amides is 1. The lowest BCUT2D eigenvalue weighted by Crippen LogP contribution is -2.50. The minimum atomic E-state index is -0.452. The summed E-state index contributed by atoms with van der Waals surface area (Å²) in [4.78, 5) is 16.1. The molecule has 33 heavy (non-hydrogen) atoms. The lowest BCUT2D eigenvalue weighted by molar-refractivity contribution is -0.114. The minimum Gasteiger partial charge on any atom is -0.382 e. The Morgan fingerprint density at radius 1 is 1.45 bits per heavy atom. The molecule has 5 rings (SSSR count). The van der Waals surface area contributed by atoms with Crippen LogP contribution < -0.4 is 11.1 Å². The Hall–Kier alpha value is -4.24. The molecule has 168 valence electrons. The van der Waals surface area contributed by atoms with Gasteiger partial charge in [-0.1, -0.05) is 0 Å². The molecule has 1 fully saturated rings. The normalized spacial score (nSPS) is 19.8. The number of nitrogens with zero attached hydrogens (tertiary/aromatic N) is 7. The van der Waals surface area contributed by atoms with Gasteiger partial charge in [0.2, 0.25) is 5.91 Å². The first-order chi connectivity index (χ1) is 15.9. The monoisotopic (exact) mass is 446 g/mol. The van der Waals surface area contributed by atoms with Gasteiger partial charge in [0.25, 0.3) is 0 Å². The summed E-state index contributed by atoms with van der Waals surface area (Å²) in [5.41, 5.74) is 9.04. The maximum absolute atomic E-state index is 11.3. The fourth-order valence-electron chi connectivity index (χ4n) is 4.28. The van der Waals surface area contributed by atoms with Gasteiger partial charge in [-0.05, 0) is 18.9 Å². The van der Waals surface area contributed by atoms with Gasteiger partial charge < -0.3 is 15.8 Å². The Labute approximate surface area is 188 Å². The van der Waals surface area contributed by atoms with Crippen molar-refractivity contribution in [2.45, 2.75) is 37.8 Å². The number of rotatable bonds is 6. The molecular formula is C21H22N10O2. The van der Waals surface area contributed by atoms with Crippen LogP contribution in [0.15, 0.2) is 30.7 Å². The fourth-order valence-corrected chi connectivity index (χ4v) is 4.28. The zero-order valence-corrected chi connectivity index (χ0v) is 18.1. The molecule has 1 aliphatic carbocycles. The van der Waals surface area contributed by atoms with Crippen molar-refractivity contribution in [1.82, 2.24) is 34.6 Å². The van der Waals surface area contributed by atoms with Gasteiger partial charge in [0.1, 0.15) is 11.4 Å². The largest absolute Gasteiger partial charge is 0.382 e. The summed E-state index contributed by atoms with van der Waals surface area (Å²) in [6.07, 6.45) is 7.05. The maximum Gasteiger partial charge on any atom is 0.222 e. The molecule has 12 nitrogen and oxygen atoms in total. The van der Waals surface area contributed by atoms with E-state index in [1.165, 1.54) is 6.92 Å². The number of anilines is 2. The number of nitrogens with one attached hydrogen (secondary N) is 2. The fraction of sp³-hybridized carbons (Fsp3) is 0.333. The molecule has 0 aromatic carbocycles. The number of ether oxygens (including phenoxy) is 1. The Morgan fingerprint density at radius 3 is 3.00 bits per heavy atom. The number of methoxy groups -OCH3 is 1. The number of nitrogen functional groups attached to an aromatic ring is 1. The van der Waals surface area contributed by atoms with Crippen LogP contribution in [0.25, 0.3) is 28.2 Å². The van der Waals surface area contributed by atoms with Gasteiger partial charge in [0.05, 0.1) is 53.3 Å². The number of fused-ring (bicyclic) bond motifs is 1. The van der Waals surface area contributed by atoms with Crippen LogP contribution in [0.4, 0.5) is 11.6 Å². The summed E-state index contributed by atoms with van der Waals surface area (Å²) in [7, 11) is 1.67. The number of hydrogen-bond donors (Lipinski definition) is 3. The molecule has 4 heterocycles. The summed E-state index contributed by atoms with van der Waals surface area (Å²) in [5.74, 6) is 0.483. The second-order valence-electron chi connectivity index (χ2n) is 8.18. The van der Waals surface area contributed by atoms with Crippen molar-refractivity contribution in [3.63, 3.8) is 0 Å². The van der Waals surface area contributed by atoms with Gasteiger partial charge >= 0.3 is 0 Å². The number of hydrogen-bond acceptors (Lipinski definition) is 8. The van der Waals surface area contributed by atoms with E-state index >= 15 is 0 Å². The number of nitriles is 1. The molecule has 0 unspecified atom stereocenters. The second kappa shape index (κ2) is 7.72. The van der Waals surface area contributed by atoms with E-state index in [1.54, 1.807) is 34.8 Å². The minimum absolute atomic E-state index is 0.0911. The average Bonchev–Trinajstić information content (AvgIpc) is 3.49. The molecule has 0 saturated heterocycles. The van der Waals surface area contributed by atoms with Crippen LogP contribution in [0.3, 0.4) is 0 Å². The summed E-state index contributed by atoms with van der Waals surface area (Å²) >= 11 is 0. The number of aromatic nitrogens is 7. The van der Waals surface area contributed by atoms with E-state index in [0.717, 1.165) is 5.52 Å². The van der Waals surface area contributed by atoms with Gasteiger partial charge in [-0.15, -0.1) is 0 Å². The van der Waals surface area contributed by atoms with E-state index in [-0.39, 0.29) is 12.0 Å². The van der Waals surface area contributed by atoms with Crippen molar-refractivity contribution in [2.24, 2.45) is 0 Å². The van der Waals surface area contributed by atoms with E-state index in [2.05, 4.69) is 31.8 Å². The topological polar surface area (TPSA) is 165 Å². The number of aromatic amines is 1. The highest BCUT2D eigenvalue weighted by molar-refractivity contribution is 5.88. The van der Waals surface area contributed by atoms with Crippen LogP contribution in [-0.2, 0) is 15.1 Å². The van der Waals surface area contributed by atoms with Crippen molar-refractivity contribution >= 4 is 23.1 Å². The third-order valence-electron chi connectivity index (χ3n) is 5.99. The molecule has 4 aromatic rings. The van der Waals surface area contributed by atoms with Crippen LogP contribution in [0.2, 0.25) is 0 Å². The molecule has 1 aliphatic rings. The summed E-state index contributed by atoms with van der Waals surface area (Å²) in [6.45, 7) is 1.41. The third-order valence-corrected chi connectivity index (χ3v) is 5.99. The summed E-state index contributed by atoms with van der Waals surface area (Å²) < 4.78 is 8.91. The molecule has 4 aromatic heterocycles. The molecular weight excluding hydrogens is 424 g/mol. The second-order valence-corrected chi connectivity index (χ2v) is 8.18. The van der Waals surface area contributed by atoms with Crippen LogP contribution >= 0.6 is 0 Å². The first kappa shape index (κ1) is 20.7. The van der Waals surface area contributed by atoms with Crippen molar-refractivity contribution in [3.05, 3.63) is 30.7 Å². The molecule has 1 amide bonds. The Bertz CT molecular complexity index is 1390. The van der Waals surface area contributed by atoms with Crippen LogP contribution in [0.1, 0.15) is 26.2 Å². The van der Waals surface area contributed by atoms with Crippen LogP contribution in [0.5, 0.6) is 0 Å². The molecule has 1 saturated carbocycles.